The summed E-state index contributed by atoms with van der Waals surface area (Å²) in [6.07, 6.45) is 1.60. The third kappa shape index (κ3) is 2.06. The Balaban J connectivity index is 2.67. The number of nitrogens with zero attached hydrogens (tertiary/aromatic N) is 1. The highest BCUT2D eigenvalue weighted by molar-refractivity contribution is 7.80. The molecule has 2 rings (SSSR count). The summed E-state index contributed by atoms with van der Waals surface area (Å²) in [5.41, 5.74) is 0.300. The Bertz CT molecular complexity index is 633. The van der Waals surface area contributed by atoms with E-state index in [-0.39, 0.29) is 12.2 Å². The molecule has 88 valence electrons. The molecule has 0 bridgehead atoms. The topological polar surface area (TPSA) is 47.8 Å². The number of pyridine rings is 2. The maximum atomic E-state index is 12.0. The summed E-state index contributed by atoms with van der Waals surface area (Å²) in [5.74, 6) is -0.600. The van der Waals surface area contributed by atoms with Crippen molar-refractivity contribution >= 4 is 24.1 Å². The number of carbonyl (C=O) groups is 1. The number of thiol groups is 1. The van der Waals surface area contributed by atoms with Gasteiger partial charge in [0.2, 0.25) is 0 Å². The van der Waals surface area contributed by atoms with Crippen molar-refractivity contribution < 1.29 is 9.53 Å². The normalized spacial score (nSPS) is 10.5. The van der Waals surface area contributed by atoms with Gasteiger partial charge in [0, 0.05) is 11.1 Å². The minimum absolute atomic E-state index is 0.0308. The van der Waals surface area contributed by atoms with E-state index in [0.717, 1.165) is 0 Å². The number of carbonyl (C=O) groups excluding carboxylic acids is 1. The first-order valence-corrected chi connectivity index (χ1v) is 5.60. The number of hydrogen-bond donors (Lipinski definition) is 1. The first kappa shape index (κ1) is 11.7. The molecule has 17 heavy (non-hydrogen) atoms. The molecule has 0 N–H and O–H groups in total. The lowest BCUT2D eigenvalue weighted by Gasteiger charge is -2.05. The van der Waals surface area contributed by atoms with E-state index in [9.17, 15) is 9.59 Å². The van der Waals surface area contributed by atoms with E-state index in [4.69, 9.17) is 4.74 Å². The molecule has 0 aliphatic rings. The molecule has 0 spiro atoms. The number of aromatic nitrogens is 1. The van der Waals surface area contributed by atoms with E-state index in [1.54, 1.807) is 31.3 Å². The quantitative estimate of drug-likeness (QED) is 0.651. The van der Waals surface area contributed by atoms with Gasteiger partial charge in [-0.1, -0.05) is 0 Å². The van der Waals surface area contributed by atoms with Gasteiger partial charge in [0.15, 0.2) is 0 Å². The van der Waals surface area contributed by atoms with Crippen molar-refractivity contribution in [2.45, 2.75) is 11.8 Å². The average Bonchev–Trinajstić information content (AvgIpc) is 2.31. The third-order valence-corrected chi connectivity index (χ3v) is 2.74. The summed E-state index contributed by atoms with van der Waals surface area (Å²) in [4.78, 5) is 24.2. The minimum Gasteiger partial charge on any atom is -0.462 e. The van der Waals surface area contributed by atoms with Crippen LogP contribution in [0.3, 0.4) is 0 Å². The highest BCUT2D eigenvalue weighted by atomic mass is 32.1. The average molecular weight is 249 g/mol. The molecule has 0 amide bonds. The molecule has 4 nitrogen and oxygen atoms in total. The molecule has 0 atom stereocenters. The smallest absolute Gasteiger partial charge is 0.343 e. The second kappa shape index (κ2) is 4.63. The van der Waals surface area contributed by atoms with Crippen molar-refractivity contribution in [3.05, 3.63) is 46.4 Å². The summed E-state index contributed by atoms with van der Waals surface area (Å²) in [5, 5.41) is 0. The molecule has 5 heteroatoms. The fourth-order valence-corrected chi connectivity index (χ4v) is 1.85. The SMILES string of the molecule is CCOC(=O)c1ccc2c(S)cccn2c1=O. The molecule has 0 radical (unpaired) electrons. The fraction of sp³-hybridized carbons (Fsp3) is 0.167. The van der Waals surface area contributed by atoms with Crippen molar-refractivity contribution in [1.29, 1.82) is 0 Å². The van der Waals surface area contributed by atoms with Crippen LogP contribution >= 0.6 is 12.6 Å². The first-order chi connectivity index (χ1) is 8.15. The molecule has 0 aliphatic carbocycles. The van der Waals surface area contributed by atoms with Gasteiger partial charge in [-0.25, -0.2) is 4.79 Å². The Labute approximate surface area is 103 Å². The number of hydrogen-bond acceptors (Lipinski definition) is 4. The van der Waals surface area contributed by atoms with Gasteiger partial charge in [-0.3, -0.25) is 9.20 Å². The van der Waals surface area contributed by atoms with Crippen LogP contribution < -0.4 is 5.56 Å². The Morgan fingerprint density at radius 3 is 2.88 bits per heavy atom. The standard InChI is InChI=1S/C12H11NO3S/c1-2-16-12(15)8-5-6-9-10(17)4-3-7-13(9)11(8)14/h3-7,17H,2H2,1H3. The molecule has 0 saturated heterocycles. The van der Waals surface area contributed by atoms with Crippen LogP contribution in [0, 0.1) is 0 Å². The third-order valence-electron chi connectivity index (χ3n) is 2.36. The van der Waals surface area contributed by atoms with Crippen LogP contribution in [0.2, 0.25) is 0 Å². The summed E-state index contributed by atoms with van der Waals surface area (Å²) < 4.78 is 6.20. The number of ether oxygens (including phenoxy) is 1. The van der Waals surface area contributed by atoms with Gasteiger partial charge in [0.1, 0.15) is 5.56 Å². The highest BCUT2D eigenvalue weighted by Gasteiger charge is 2.13. The van der Waals surface area contributed by atoms with E-state index < -0.39 is 11.5 Å². The maximum absolute atomic E-state index is 12.0. The van der Waals surface area contributed by atoms with Crippen LogP contribution in [0.1, 0.15) is 17.3 Å². The van der Waals surface area contributed by atoms with Gasteiger partial charge in [0.25, 0.3) is 5.56 Å². The number of esters is 1. The van der Waals surface area contributed by atoms with Gasteiger partial charge >= 0.3 is 5.97 Å². The van der Waals surface area contributed by atoms with Gasteiger partial charge in [-0.15, -0.1) is 12.6 Å². The summed E-state index contributed by atoms with van der Waals surface area (Å²) in [7, 11) is 0. The van der Waals surface area contributed by atoms with E-state index in [0.29, 0.717) is 10.4 Å². The van der Waals surface area contributed by atoms with E-state index >= 15 is 0 Å². The Morgan fingerprint density at radius 1 is 1.41 bits per heavy atom. The molecule has 2 aromatic rings. The van der Waals surface area contributed by atoms with Crippen LogP contribution in [-0.2, 0) is 4.74 Å². The number of rotatable bonds is 2. The lowest BCUT2D eigenvalue weighted by molar-refractivity contribution is 0.0524. The Hall–Kier alpha value is -1.75. The zero-order valence-corrected chi connectivity index (χ0v) is 10.1. The summed E-state index contributed by atoms with van der Waals surface area (Å²) in [6, 6.07) is 6.62. The highest BCUT2D eigenvalue weighted by Crippen LogP contribution is 2.13. The molecule has 0 saturated carbocycles. The van der Waals surface area contributed by atoms with Crippen molar-refractivity contribution in [2.24, 2.45) is 0 Å². The van der Waals surface area contributed by atoms with Crippen molar-refractivity contribution in [1.82, 2.24) is 4.40 Å². The molecule has 2 heterocycles. The van der Waals surface area contributed by atoms with Crippen LogP contribution in [0.5, 0.6) is 0 Å². The zero-order chi connectivity index (χ0) is 12.4. The largest absolute Gasteiger partial charge is 0.462 e. The monoisotopic (exact) mass is 249 g/mol. The molecular formula is C12H11NO3S. The van der Waals surface area contributed by atoms with Crippen molar-refractivity contribution in [2.75, 3.05) is 6.61 Å². The lowest BCUT2D eigenvalue weighted by Crippen LogP contribution is -2.23. The Morgan fingerprint density at radius 2 is 2.18 bits per heavy atom. The first-order valence-electron chi connectivity index (χ1n) is 5.15. The minimum atomic E-state index is -0.600. The second-order valence-corrected chi connectivity index (χ2v) is 3.90. The summed E-state index contributed by atoms with van der Waals surface area (Å²) in [6.45, 7) is 1.94. The van der Waals surface area contributed by atoms with Crippen LogP contribution in [-0.4, -0.2) is 17.0 Å². The van der Waals surface area contributed by atoms with Gasteiger partial charge < -0.3 is 4.74 Å². The molecule has 0 unspecified atom stereocenters. The van der Waals surface area contributed by atoms with E-state index in [1.807, 2.05) is 0 Å². The van der Waals surface area contributed by atoms with Gasteiger partial charge in [0.05, 0.1) is 12.1 Å². The van der Waals surface area contributed by atoms with Crippen LogP contribution in [0.25, 0.3) is 5.52 Å². The van der Waals surface area contributed by atoms with Crippen molar-refractivity contribution in [3.8, 4) is 0 Å². The van der Waals surface area contributed by atoms with Crippen LogP contribution in [0.4, 0.5) is 0 Å². The predicted octanol–water partition coefficient (Wildman–Crippen LogP) is 1.76. The lowest BCUT2D eigenvalue weighted by atomic mass is 10.2. The van der Waals surface area contributed by atoms with Gasteiger partial charge in [-0.2, -0.15) is 0 Å². The van der Waals surface area contributed by atoms with Crippen LogP contribution in [0.15, 0.2) is 40.2 Å². The molecule has 0 fully saturated rings. The van der Waals surface area contributed by atoms with Crippen molar-refractivity contribution in [3.63, 3.8) is 0 Å². The Kier molecular flexibility index (Phi) is 3.19. The second-order valence-electron chi connectivity index (χ2n) is 3.42. The molecule has 0 aromatic carbocycles. The molecular weight excluding hydrogens is 238 g/mol. The predicted molar refractivity (Wildman–Crippen MR) is 66.9 cm³/mol. The molecule has 2 aromatic heterocycles. The zero-order valence-electron chi connectivity index (χ0n) is 9.21. The van der Waals surface area contributed by atoms with Gasteiger partial charge in [-0.05, 0) is 31.2 Å². The fourth-order valence-electron chi connectivity index (χ4n) is 1.58. The van der Waals surface area contributed by atoms with E-state index in [1.165, 1.54) is 10.5 Å². The molecule has 0 aliphatic heterocycles. The van der Waals surface area contributed by atoms with E-state index in [2.05, 4.69) is 12.6 Å². The maximum Gasteiger partial charge on any atom is 0.343 e. The summed E-state index contributed by atoms with van der Waals surface area (Å²) >= 11 is 4.25. The number of fused-ring (bicyclic) bond motifs is 1.